The predicted molar refractivity (Wildman–Crippen MR) is 105 cm³/mol. The molecule has 4 aromatic rings. The largest absolute Gasteiger partial charge is 0.497 e. The third-order valence-electron chi connectivity index (χ3n) is 5.24. The fourth-order valence-corrected chi connectivity index (χ4v) is 3.75. The molecule has 2 aromatic carbocycles. The average Bonchev–Trinajstić information content (AvgIpc) is 3.37. The van der Waals surface area contributed by atoms with E-state index in [1.54, 1.807) is 7.11 Å². The molecular formula is C21H19N5O2. The number of benzene rings is 2. The SMILES string of the molecule is COc1cccc(-c2n[nH]c3c2CN(C(=O)c2n[nH]c4ccccc24)CC3)c1. The first-order chi connectivity index (χ1) is 13.7. The average molecular weight is 373 g/mol. The van der Waals surface area contributed by atoms with Crippen LogP contribution < -0.4 is 4.74 Å². The van der Waals surface area contributed by atoms with Crippen molar-refractivity contribution in [3.8, 4) is 17.0 Å². The van der Waals surface area contributed by atoms with Crippen molar-refractivity contribution < 1.29 is 9.53 Å². The number of fused-ring (bicyclic) bond motifs is 2. The van der Waals surface area contributed by atoms with Crippen molar-refractivity contribution >= 4 is 16.8 Å². The molecule has 1 aliphatic heterocycles. The monoisotopic (exact) mass is 373 g/mol. The molecule has 2 aromatic heterocycles. The molecule has 0 bridgehead atoms. The van der Waals surface area contributed by atoms with Gasteiger partial charge in [-0.25, -0.2) is 0 Å². The molecule has 5 rings (SSSR count). The number of ether oxygens (including phenoxy) is 1. The predicted octanol–water partition coefficient (Wildman–Crippen LogP) is 3.16. The van der Waals surface area contributed by atoms with Crippen LogP contribution in [0.3, 0.4) is 0 Å². The molecule has 0 unspecified atom stereocenters. The van der Waals surface area contributed by atoms with Gasteiger partial charge < -0.3 is 9.64 Å². The number of aromatic nitrogens is 4. The standard InChI is InChI=1S/C21H19N5O2/c1-28-14-6-4-5-13(11-14)19-16-12-26(10-9-18(16)23-24-19)21(27)20-15-7-2-3-8-17(15)22-25-20/h2-8,11H,9-10,12H2,1H3,(H,22,25)(H,23,24). The fraction of sp³-hybridized carbons (Fsp3) is 0.190. The molecule has 0 aliphatic carbocycles. The highest BCUT2D eigenvalue weighted by Crippen LogP contribution is 2.31. The minimum absolute atomic E-state index is 0.0686. The number of para-hydroxylation sites is 1. The lowest BCUT2D eigenvalue weighted by Gasteiger charge is -2.26. The van der Waals surface area contributed by atoms with Gasteiger partial charge in [0.25, 0.3) is 5.91 Å². The molecule has 3 heterocycles. The quantitative estimate of drug-likeness (QED) is 0.577. The van der Waals surface area contributed by atoms with Crippen LogP contribution in [-0.2, 0) is 13.0 Å². The highest BCUT2D eigenvalue weighted by molar-refractivity contribution is 6.04. The molecule has 0 saturated carbocycles. The van der Waals surface area contributed by atoms with E-state index in [1.165, 1.54) is 0 Å². The molecule has 7 heteroatoms. The van der Waals surface area contributed by atoms with Crippen molar-refractivity contribution in [2.75, 3.05) is 13.7 Å². The van der Waals surface area contributed by atoms with E-state index in [2.05, 4.69) is 20.4 Å². The Balaban J connectivity index is 1.48. The van der Waals surface area contributed by atoms with Gasteiger partial charge in [0, 0.05) is 35.2 Å². The number of hydrogen-bond donors (Lipinski definition) is 2. The fourth-order valence-electron chi connectivity index (χ4n) is 3.75. The van der Waals surface area contributed by atoms with Gasteiger partial charge >= 0.3 is 0 Å². The summed E-state index contributed by atoms with van der Waals surface area (Å²) in [5, 5.41) is 15.7. The first-order valence-electron chi connectivity index (χ1n) is 9.17. The number of H-pyrrole nitrogens is 2. The molecule has 0 fully saturated rings. The molecule has 0 atom stereocenters. The lowest BCUT2D eigenvalue weighted by molar-refractivity contribution is 0.0730. The summed E-state index contributed by atoms with van der Waals surface area (Å²) < 4.78 is 5.33. The van der Waals surface area contributed by atoms with Crippen LogP contribution in [-0.4, -0.2) is 44.9 Å². The molecule has 0 radical (unpaired) electrons. The van der Waals surface area contributed by atoms with Gasteiger partial charge in [0.15, 0.2) is 5.69 Å². The third-order valence-corrected chi connectivity index (χ3v) is 5.24. The van der Waals surface area contributed by atoms with Gasteiger partial charge in [-0.3, -0.25) is 15.0 Å². The minimum atomic E-state index is -0.0686. The summed E-state index contributed by atoms with van der Waals surface area (Å²) in [6, 6.07) is 15.5. The number of carbonyl (C=O) groups excluding carboxylic acids is 1. The van der Waals surface area contributed by atoms with Crippen LogP contribution in [0.4, 0.5) is 0 Å². The zero-order valence-corrected chi connectivity index (χ0v) is 15.4. The molecule has 1 aliphatic rings. The van der Waals surface area contributed by atoms with Crippen molar-refractivity contribution in [1.82, 2.24) is 25.3 Å². The van der Waals surface area contributed by atoms with E-state index in [0.29, 0.717) is 18.8 Å². The number of nitrogens with zero attached hydrogens (tertiary/aromatic N) is 3. The van der Waals surface area contributed by atoms with Gasteiger partial charge in [0.2, 0.25) is 0 Å². The van der Waals surface area contributed by atoms with Gasteiger partial charge in [-0.1, -0.05) is 30.3 Å². The second-order valence-electron chi connectivity index (χ2n) is 6.86. The normalized spacial score (nSPS) is 13.5. The lowest BCUT2D eigenvalue weighted by atomic mass is 10.0. The van der Waals surface area contributed by atoms with Crippen LogP contribution in [0.1, 0.15) is 21.7 Å². The maximum Gasteiger partial charge on any atom is 0.275 e. The summed E-state index contributed by atoms with van der Waals surface area (Å²) in [4.78, 5) is 15.0. The van der Waals surface area contributed by atoms with Crippen molar-refractivity contribution in [3.05, 3.63) is 65.5 Å². The number of rotatable bonds is 3. The van der Waals surface area contributed by atoms with Gasteiger partial charge in [0.05, 0.1) is 24.9 Å². The lowest BCUT2D eigenvalue weighted by Crippen LogP contribution is -2.36. The van der Waals surface area contributed by atoms with Crippen molar-refractivity contribution in [1.29, 1.82) is 0 Å². The summed E-state index contributed by atoms with van der Waals surface area (Å²) in [6.07, 6.45) is 0.737. The summed E-state index contributed by atoms with van der Waals surface area (Å²) in [5.74, 6) is 0.710. The molecule has 0 saturated heterocycles. The smallest absolute Gasteiger partial charge is 0.275 e. The van der Waals surface area contributed by atoms with Crippen LogP contribution in [0, 0.1) is 0 Å². The Kier molecular flexibility index (Phi) is 3.86. The van der Waals surface area contributed by atoms with Crippen molar-refractivity contribution in [3.63, 3.8) is 0 Å². The van der Waals surface area contributed by atoms with E-state index in [0.717, 1.165) is 45.6 Å². The number of nitrogens with one attached hydrogen (secondary N) is 2. The van der Waals surface area contributed by atoms with E-state index in [-0.39, 0.29) is 5.91 Å². The van der Waals surface area contributed by atoms with E-state index in [4.69, 9.17) is 4.74 Å². The van der Waals surface area contributed by atoms with E-state index >= 15 is 0 Å². The molecule has 7 nitrogen and oxygen atoms in total. The Morgan fingerprint density at radius 2 is 2.00 bits per heavy atom. The maximum absolute atomic E-state index is 13.1. The van der Waals surface area contributed by atoms with Gasteiger partial charge in [-0.2, -0.15) is 10.2 Å². The van der Waals surface area contributed by atoms with E-state index in [9.17, 15) is 4.79 Å². The molecular weight excluding hydrogens is 354 g/mol. The highest BCUT2D eigenvalue weighted by Gasteiger charge is 2.28. The minimum Gasteiger partial charge on any atom is -0.497 e. The Morgan fingerprint density at radius 3 is 2.89 bits per heavy atom. The Morgan fingerprint density at radius 1 is 1.11 bits per heavy atom. The number of hydrogen-bond acceptors (Lipinski definition) is 4. The molecule has 0 spiro atoms. The van der Waals surface area contributed by atoms with Crippen LogP contribution in [0.2, 0.25) is 0 Å². The van der Waals surface area contributed by atoms with Gasteiger partial charge in [0.1, 0.15) is 5.75 Å². The summed E-state index contributed by atoms with van der Waals surface area (Å²) in [6.45, 7) is 1.13. The second-order valence-corrected chi connectivity index (χ2v) is 6.86. The van der Waals surface area contributed by atoms with Crippen molar-refractivity contribution in [2.24, 2.45) is 0 Å². The van der Waals surface area contributed by atoms with Crippen LogP contribution >= 0.6 is 0 Å². The van der Waals surface area contributed by atoms with Crippen LogP contribution in [0.25, 0.3) is 22.2 Å². The summed E-state index contributed by atoms with van der Waals surface area (Å²) >= 11 is 0. The Labute approximate surface area is 161 Å². The molecule has 140 valence electrons. The topological polar surface area (TPSA) is 86.9 Å². The Bertz CT molecular complexity index is 1180. The van der Waals surface area contributed by atoms with Gasteiger partial charge in [-0.05, 0) is 18.2 Å². The first-order valence-corrected chi connectivity index (χ1v) is 9.17. The number of aromatic amines is 2. The molecule has 1 amide bonds. The zero-order valence-electron chi connectivity index (χ0n) is 15.4. The Hall–Kier alpha value is -3.61. The number of carbonyl (C=O) groups is 1. The number of amides is 1. The maximum atomic E-state index is 13.1. The number of methoxy groups -OCH3 is 1. The second kappa shape index (κ2) is 6.53. The van der Waals surface area contributed by atoms with Crippen LogP contribution in [0.5, 0.6) is 5.75 Å². The highest BCUT2D eigenvalue weighted by atomic mass is 16.5. The molecule has 2 N–H and O–H groups in total. The third kappa shape index (κ3) is 2.63. The van der Waals surface area contributed by atoms with E-state index in [1.807, 2.05) is 53.4 Å². The van der Waals surface area contributed by atoms with Crippen LogP contribution in [0.15, 0.2) is 48.5 Å². The van der Waals surface area contributed by atoms with Crippen molar-refractivity contribution in [2.45, 2.75) is 13.0 Å². The first kappa shape index (κ1) is 16.6. The molecule has 28 heavy (non-hydrogen) atoms. The summed E-state index contributed by atoms with van der Waals surface area (Å²) in [5.41, 5.74) is 5.28. The summed E-state index contributed by atoms with van der Waals surface area (Å²) in [7, 11) is 1.65. The van der Waals surface area contributed by atoms with Gasteiger partial charge in [-0.15, -0.1) is 0 Å². The zero-order chi connectivity index (χ0) is 19.1. The van der Waals surface area contributed by atoms with E-state index < -0.39 is 0 Å².